The van der Waals surface area contributed by atoms with Crippen LogP contribution in [0.5, 0.6) is 0 Å². The monoisotopic (exact) mass is 289 g/mol. The van der Waals surface area contributed by atoms with Crippen LogP contribution in [0, 0.1) is 6.92 Å². The van der Waals surface area contributed by atoms with Gasteiger partial charge in [-0.3, -0.25) is 9.59 Å². The Morgan fingerprint density at radius 2 is 2.05 bits per heavy atom. The molecule has 0 aliphatic heterocycles. The first-order chi connectivity index (χ1) is 9.92. The second-order valence-electron chi connectivity index (χ2n) is 5.08. The molecule has 0 aliphatic carbocycles. The number of nitrogens with zero attached hydrogens (tertiary/aromatic N) is 1. The van der Waals surface area contributed by atoms with Crippen molar-refractivity contribution in [1.29, 1.82) is 0 Å². The topological polar surface area (TPSA) is 46.6 Å². The maximum absolute atomic E-state index is 12.8. The van der Waals surface area contributed by atoms with Gasteiger partial charge in [0.05, 0.1) is 6.61 Å². The minimum absolute atomic E-state index is 0.0464. The summed E-state index contributed by atoms with van der Waals surface area (Å²) in [6.07, 6.45) is 1.66. The molecule has 4 heteroatoms. The number of carbonyl (C=O) groups excluding carboxylic acids is 2. The second-order valence-corrected chi connectivity index (χ2v) is 5.08. The van der Waals surface area contributed by atoms with E-state index < -0.39 is 5.97 Å². The van der Waals surface area contributed by atoms with E-state index in [1.807, 2.05) is 39.0 Å². The average molecular weight is 289 g/mol. The fraction of sp³-hybridized carbons (Fsp3) is 0.412. The highest BCUT2D eigenvalue weighted by molar-refractivity contribution is 6.00. The molecule has 0 fully saturated rings. The van der Waals surface area contributed by atoms with Gasteiger partial charge in [-0.1, -0.05) is 30.9 Å². The lowest BCUT2D eigenvalue weighted by molar-refractivity contribution is -0.144. The van der Waals surface area contributed by atoms with Gasteiger partial charge in [0.1, 0.15) is 6.54 Å². The molecule has 0 spiro atoms. The number of carbonyl (C=O) groups is 2. The number of esters is 1. The zero-order chi connectivity index (χ0) is 16.0. The minimum Gasteiger partial charge on any atom is -0.465 e. The van der Waals surface area contributed by atoms with Crippen molar-refractivity contribution in [2.24, 2.45) is 0 Å². The van der Waals surface area contributed by atoms with E-state index in [0.717, 1.165) is 11.1 Å². The average Bonchev–Trinajstić information content (AvgIpc) is 2.43. The molecular weight excluding hydrogens is 266 g/mol. The van der Waals surface area contributed by atoms with Crippen LogP contribution in [-0.2, 0) is 9.53 Å². The standard InChI is InChI=1S/C17H23NO3/c1-6-14-10-8-9-13(5)16(14)17(20)18(12(3)4)11-15(19)21-7-2/h6,8-10,12H,1,7,11H2,2-5H3. The molecule has 0 unspecified atom stereocenters. The molecule has 0 saturated carbocycles. The lowest BCUT2D eigenvalue weighted by Crippen LogP contribution is -2.41. The summed E-state index contributed by atoms with van der Waals surface area (Å²) in [6, 6.07) is 5.51. The van der Waals surface area contributed by atoms with Crippen molar-refractivity contribution in [1.82, 2.24) is 4.90 Å². The molecule has 21 heavy (non-hydrogen) atoms. The van der Waals surface area contributed by atoms with Gasteiger partial charge >= 0.3 is 5.97 Å². The van der Waals surface area contributed by atoms with Crippen molar-refractivity contribution in [2.45, 2.75) is 33.7 Å². The molecule has 0 atom stereocenters. The summed E-state index contributed by atoms with van der Waals surface area (Å²) in [5.74, 6) is -0.570. The maximum Gasteiger partial charge on any atom is 0.325 e. The van der Waals surface area contributed by atoms with Crippen LogP contribution in [0.15, 0.2) is 24.8 Å². The van der Waals surface area contributed by atoms with Crippen LogP contribution >= 0.6 is 0 Å². The molecular formula is C17H23NO3. The lowest BCUT2D eigenvalue weighted by atomic mass is 10.00. The smallest absolute Gasteiger partial charge is 0.325 e. The third-order valence-electron chi connectivity index (χ3n) is 3.23. The van der Waals surface area contributed by atoms with E-state index in [2.05, 4.69) is 6.58 Å². The SMILES string of the molecule is C=Cc1cccc(C)c1C(=O)N(CC(=O)OCC)C(C)C. The van der Waals surface area contributed by atoms with Crippen molar-refractivity contribution in [3.8, 4) is 0 Å². The highest BCUT2D eigenvalue weighted by Crippen LogP contribution is 2.19. The molecule has 1 aromatic carbocycles. The predicted octanol–water partition coefficient (Wildman–Crippen LogP) is 3.05. The number of aryl methyl sites for hydroxylation is 1. The first-order valence-corrected chi connectivity index (χ1v) is 7.11. The Labute approximate surface area is 126 Å². The van der Waals surface area contributed by atoms with Gasteiger partial charge in [-0.15, -0.1) is 0 Å². The molecule has 0 aliphatic rings. The van der Waals surface area contributed by atoms with E-state index in [1.165, 1.54) is 4.90 Å². The zero-order valence-corrected chi connectivity index (χ0v) is 13.2. The van der Waals surface area contributed by atoms with Gasteiger partial charge in [0.2, 0.25) is 0 Å². The van der Waals surface area contributed by atoms with Crippen LogP contribution in [0.25, 0.3) is 6.08 Å². The summed E-state index contributed by atoms with van der Waals surface area (Å²) in [6.45, 7) is 11.4. The summed E-state index contributed by atoms with van der Waals surface area (Å²) in [7, 11) is 0. The van der Waals surface area contributed by atoms with Gasteiger partial charge in [0, 0.05) is 11.6 Å². The molecule has 114 valence electrons. The Bertz CT molecular complexity index is 535. The summed E-state index contributed by atoms with van der Waals surface area (Å²) >= 11 is 0. The molecule has 0 aromatic heterocycles. The van der Waals surface area contributed by atoms with Crippen molar-refractivity contribution < 1.29 is 14.3 Å². The first-order valence-electron chi connectivity index (χ1n) is 7.11. The third kappa shape index (κ3) is 4.18. The van der Waals surface area contributed by atoms with Crippen LogP contribution in [-0.4, -0.2) is 36.0 Å². The van der Waals surface area contributed by atoms with Gasteiger partial charge in [-0.05, 0) is 38.8 Å². The molecule has 0 radical (unpaired) electrons. The van der Waals surface area contributed by atoms with Gasteiger partial charge < -0.3 is 9.64 Å². The number of benzene rings is 1. The van der Waals surface area contributed by atoms with Crippen LogP contribution in [0.3, 0.4) is 0 Å². The third-order valence-corrected chi connectivity index (χ3v) is 3.23. The Morgan fingerprint density at radius 3 is 2.57 bits per heavy atom. The van der Waals surface area contributed by atoms with E-state index in [9.17, 15) is 9.59 Å². The molecule has 0 heterocycles. The van der Waals surface area contributed by atoms with Gasteiger partial charge in [-0.25, -0.2) is 0 Å². The maximum atomic E-state index is 12.8. The molecule has 0 N–H and O–H groups in total. The predicted molar refractivity (Wildman–Crippen MR) is 84.1 cm³/mol. The fourth-order valence-electron chi connectivity index (χ4n) is 2.13. The van der Waals surface area contributed by atoms with E-state index in [-0.39, 0.29) is 18.5 Å². The lowest BCUT2D eigenvalue weighted by Gasteiger charge is -2.27. The van der Waals surface area contributed by atoms with Crippen LogP contribution in [0.1, 0.15) is 42.3 Å². The number of amides is 1. The quantitative estimate of drug-likeness (QED) is 0.756. The highest BCUT2D eigenvalue weighted by atomic mass is 16.5. The van der Waals surface area contributed by atoms with Crippen LogP contribution in [0.4, 0.5) is 0 Å². The fourth-order valence-corrected chi connectivity index (χ4v) is 2.13. The summed E-state index contributed by atoms with van der Waals surface area (Å²) in [4.78, 5) is 26.0. The van der Waals surface area contributed by atoms with Gasteiger partial charge in [-0.2, -0.15) is 0 Å². The molecule has 1 aromatic rings. The summed E-state index contributed by atoms with van der Waals surface area (Å²) in [5.41, 5.74) is 2.23. The Morgan fingerprint density at radius 1 is 1.38 bits per heavy atom. The number of hydrogen-bond acceptors (Lipinski definition) is 3. The summed E-state index contributed by atoms with van der Waals surface area (Å²) in [5, 5.41) is 0. The second kappa shape index (κ2) is 7.62. The van der Waals surface area contributed by atoms with Gasteiger partial charge in [0.25, 0.3) is 5.91 Å². The number of ether oxygens (including phenoxy) is 1. The molecule has 0 saturated heterocycles. The normalized spacial score (nSPS) is 10.3. The zero-order valence-electron chi connectivity index (χ0n) is 13.2. The minimum atomic E-state index is -0.395. The van der Waals surface area contributed by atoms with Crippen molar-refractivity contribution in [2.75, 3.05) is 13.2 Å². The van der Waals surface area contributed by atoms with Gasteiger partial charge in [0.15, 0.2) is 0 Å². The molecule has 1 amide bonds. The largest absolute Gasteiger partial charge is 0.465 e. The van der Waals surface area contributed by atoms with E-state index in [4.69, 9.17) is 4.74 Å². The van der Waals surface area contributed by atoms with Crippen molar-refractivity contribution in [3.63, 3.8) is 0 Å². The Balaban J connectivity index is 3.13. The van der Waals surface area contributed by atoms with Crippen molar-refractivity contribution in [3.05, 3.63) is 41.5 Å². The summed E-state index contributed by atoms with van der Waals surface area (Å²) < 4.78 is 4.94. The highest BCUT2D eigenvalue weighted by Gasteiger charge is 2.24. The molecule has 0 bridgehead atoms. The van der Waals surface area contributed by atoms with E-state index in [0.29, 0.717) is 12.2 Å². The van der Waals surface area contributed by atoms with E-state index >= 15 is 0 Å². The first kappa shape index (κ1) is 17.0. The number of rotatable bonds is 6. The van der Waals surface area contributed by atoms with E-state index in [1.54, 1.807) is 13.0 Å². The molecule has 1 rings (SSSR count). The van der Waals surface area contributed by atoms with Crippen molar-refractivity contribution >= 4 is 18.0 Å². The molecule has 4 nitrogen and oxygen atoms in total. The van der Waals surface area contributed by atoms with Crippen LogP contribution in [0.2, 0.25) is 0 Å². The Hall–Kier alpha value is -2.10. The number of hydrogen-bond donors (Lipinski definition) is 0. The Kier molecular flexibility index (Phi) is 6.15. The van der Waals surface area contributed by atoms with Crippen LogP contribution < -0.4 is 0 Å².